The predicted molar refractivity (Wildman–Crippen MR) is 135 cm³/mol. The summed E-state index contributed by atoms with van der Waals surface area (Å²) in [6.07, 6.45) is 3.64. The van der Waals surface area contributed by atoms with E-state index in [-0.39, 0.29) is 5.69 Å². The zero-order valence-corrected chi connectivity index (χ0v) is 19.2. The highest BCUT2D eigenvalue weighted by Gasteiger charge is 2.21. The normalized spacial score (nSPS) is 11.5. The van der Waals surface area contributed by atoms with Crippen LogP contribution in [-0.4, -0.2) is 26.8 Å². The number of carbonyl (C=O) groups is 1. The summed E-state index contributed by atoms with van der Waals surface area (Å²) in [5.41, 5.74) is 9.55. The monoisotopic (exact) mass is 454 g/mol. The zero-order valence-electron chi connectivity index (χ0n) is 19.2. The second-order valence-electron chi connectivity index (χ2n) is 8.38. The third-order valence-corrected chi connectivity index (χ3v) is 6.12. The maximum Gasteiger partial charge on any atom is 0.330 e. The molecule has 5 aromatic rings. The second-order valence-corrected chi connectivity index (χ2v) is 8.38. The number of rotatable bonds is 6. The topological polar surface area (TPSA) is 92.1 Å². The average molecular weight is 455 g/mol. The molecule has 0 spiro atoms. The minimum absolute atomic E-state index is 0.244. The Morgan fingerprint density at radius 1 is 1.09 bits per heavy atom. The van der Waals surface area contributed by atoms with Crippen molar-refractivity contribution in [1.29, 1.82) is 0 Å². The Labute approximate surface area is 196 Å². The van der Waals surface area contributed by atoms with Crippen LogP contribution in [-0.2, 0) is 17.8 Å². The summed E-state index contributed by atoms with van der Waals surface area (Å²) in [5.74, 6) is -0.577. The van der Waals surface area contributed by atoms with E-state index in [1.807, 2.05) is 54.7 Å². The number of nitrogens with two attached hydrogens (primary N) is 1. The molecular formula is C27H26N4O3. The van der Waals surface area contributed by atoms with Crippen molar-refractivity contribution < 1.29 is 9.63 Å². The van der Waals surface area contributed by atoms with Crippen molar-refractivity contribution in [2.24, 2.45) is 5.73 Å². The van der Waals surface area contributed by atoms with Gasteiger partial charge >= 0.3 is 11.5 Å². The van der Waals surface area contributed by atoms with Crippen LogP contribution in [0.4, 0.5) is 0 Å². The SMILES string of the molecule is CCc1cccc2c(-c3nc4cc5ccccc5cc4n(OC(C)=O)c3=O)cn(CCCN)c12. The van der Waals surface area contributed by atoms with Crippen molar-refractivity contribution in [1.82, 2.24) is 14.3 Å². The van der Waals surface area contributed by atoms with E-state index >= 15 is 0 Å². The molecule has 2 aromatic heterocycles. The average Bonchev–Trinajstić information content (AvgIpc) is 3.21. The maximum absolute atomic E-state index is 13.7. The van der Waals surface area contributed by atoms with E-state index in [9.17, 15) is 9.59 Å². The summed E-state index contributed by atoms with van der Waals surface area (Å²) in [7, 11) is 0. The number of benzene rings is 3. The summed E-state index contributed by atoms with van der Waals surface area (Å²) in [4.78, 5) is 35.8. The van der Waals surface area contributed by atoms with Gasteiger partial charge in [-0.2, -0.15) is 0 Å². The third-order valence-electron chi connectivity index (χ3n) is 6.12. The largest absolute Gasteiger partial charge is 0.347 e. The smallest absolute Gasteiger partial charge is 0.330 e. The van der Waals surface area contributed by atoms with E-state index in [0.717, 1.165) is 45.8 Å². The van der Waals surface area contributed by atoms with Gasteiger partial charge < -0.3 is 15.1 Å². The summed E-state index contributed by atoms with van der Waals surface area (Å²) >= 11 is 0. The van der Waals surface area contributed by atoms with Crippen molar-refractivity contribution in [2.45, 2.75) is 33.2 Å². The molecule has 5 rings (SSSR count). The molecule has 0 radical (unpaired) electrons. The van der Waals surface area contributed by atoms with E-state index in [1.165, 1.54) is 12.5 Å². The molecule has 2 N–H and O–H groups in total. The maximum atomic E-state index is 13.7. The predicted octanol–water partition coefficient (Wildman–Crippen LogP) is 4.06. The van der Waals surface area contributed by atoms with Gasteiger partial charge in [0, 0.05) is 30.6 Å². The lowest BCUT2D eigenvalue weighted by atomic mass is 10.0. The number of para-hydroxylation sites is 1. The molecule has 0 saturated carbocycles. The highest BCUT2D eigenvalue weighted by molar-refractivity contribution is 5.99. The first-order valence-corrected chi connectivity index (χ1v) is 11.5. The van der Waals surface area contributed by atoms with Crippen LogP contribution in [0.1, 0.15) is 25.8 Å². The lowest BCUT2D eigenvalue weighted by molar-refractivity contribution is -0.141. The van der Waals surface area contributed by atoms with Gasteiger partial charge in [-0.25, -0.2) is 9.78 Å². The Balaban J connectivity index is 1.85. The number of hydrogen-bond acceptors (Lipinski definition) is 5. The van der Waals surface area contributed by atoms with Gasteiger partial charge in [0.2, 0.25) is 0 Å². The first kappa shape index (κ1) is 21.9. The molecule has 3 aromatic carbocycles. The first-order valence-electron chi connectivity index (χ1n) is 11.5. The van der Waals surface area contributed by atoms with Crippen LogP contribution in [0.25, 0.3) is 44.0 Å². The third kappa shape index (κ3) is 3.64. The summed E-state index contributed by atoms with van der Waals surface area (Å²) in [5, 5.41) is 2.85. The van der Waals surface area contributed by atoms with Crippen molar-refractivity contribution in [2.75, 3.05) is 6.54 Å². The Bertz CT molecular complexity index is 1610. The summed E-state index contributed by atoms with van der Waals surface area (Å²) in [6.45, 7) is 4.71. The fraction of sp³-hybridized carbons (Fsp3) is 0.222. The van der Waals surface area contributed by atoms with Gasteiger partial charge in [-0.05, 0) is 47.9 Å². The molecule has 0 amide bonds. The minimum Gasteiger partial charge on any atom is -0.347 e. The molecule has 0 atom stereocenters. The molecular weight excluding hydrogens is 428 g/mol. The van der Waals surface area contributed by atoms with Gasteiger partial charge in [0.25, 0.3) is 0 Å². The number of aromatic nitrogens is 3. The minimum atomic E-state index is -0.577. The van der Waals surface area contributed by atoms with Crippen molar-refractivity contribution >= 4 is 38.7 Å². The molecule has 0 aliphatic heterocycles. The van der Waals surface area contributed by atoms with Gasteiger partial charge in [0.15, 0.2) is 0 Å². The standard InChI is InChI=1S/C27H26N4O3/c1-3-18-10-6-11-21-22(16-30(26(18)21)13-7-12-28)25-27(33)31(34-17(2)32)24-15-20-9-5-4-8-19(20)14-23(24)29-25/h4-6,8-11,14-16H,3,7,12-13,28H2,1-2H3. The van der Waals surface area contributed by atoms with Crippen LogP contribution in [0.2, 0.25) is 0 Å². The molecule has 2 heterocycles. The highest BCUT2D eigenvalue weighted by atomic mass is 16.7. The number of aryl methyl sites for hydroxylation is 2. The summed E-state index contributed by atoms with van der Waals surface area (Å²) in [6, 6.07) is 17.7. The Kier molecular flexibility index (Phi) is 5.63. The van der Waals surface area contributed by atoms with Crippen LogP contribution < -0.4 is 16.1 Å². The Morgan fingerprint density at radius 3 is 2.56 bits per heavy atom. The Hall–Kier alpha value is -3.97. The number of hydrogen-bond donors (Lipinski definition) is 1. The van der Waals surface area contributed by atoms with E-state index in [4.69, 9.17) is 15.6 Å². The van der Waals surface area contributed by atoms with E-state index in [0.29, 0.717) is 23.1 Å². The lowest BCUT2D eigenvalue weighted by Gasteiger charge is -2.12. The molecule has 0 fully saturated rings. The summed E-state index contributed by atoms with van der Waals surface area (Å²) < 4.78 is 3.22. The van der Waals surface area contributed by atoms with Gasteiger partial charge in [-0.1, -0.05) is 49.4 Å². The lowest BCUT2D eigenvalue weighted by Crippen LogP contribution is -2.31. The molecule has 34 heavy (non-hydrogen) atoms. The molecule has 0 bridgehead atoms. The van der Waals surface area contributed by atoms with Gasteiger partial charge in [0.1, 0.15) is 11.2 Å². The van der Waals surface area contributed by atoms with E-state index < -0.39 is 11.5 Å². The number of nitrogens with zero attached hydrogens (tertiary/aromatic N) is 3. The highest BCUT2D eigenvalue weighted by Crippen LogP contribution is 2.32. The van der Waals surface area contributed by atoms with E-state index in [2.05, 4.69) is 17.6 Å². The molecule has 0 unspecified atom stereocenters. The molecule has 0 saturated heterocycles. The quantitative estimate of drug-likeness (QED) is 0.391. The van der Waals surface area contributed by atoms with Gasteiger partial charge in [-0.3, -0.25) is 4.79 Å². The fourth-order valence-corrected chi connectivity index (χ4v) is 4.59. The van der Waals surface area contributed by atoms with Crippen LogP contribution in [0.5, 0.6) is 0 Å². The van der Waals surface area contributed by atoms with Gasteiger partial charge in [0.05, 0.1) is 11.0 Å². The van der Waals surface area contributed by atoms with Gasteiger partial charge in [-0.15, -0.1) is 4.73 Å². The first-order chi connectivity index (χ1) is 16.5. The van der Waals surface area contributed by atoms with Crippen LogP contribution in [0, 0.1) is 0 Å². The van der Waals surface area contributed by atoms with Crippen LogP contribution in [0.3, 0.4) is 0 Å². The van der Waals surface area contributed by atoms with Crippen LogP contribution in [0.15, 0.2) is 65.6 Å². The van der Waals surface area contributed by atoms with Crippen molar-refractivity contribution in [3.8, 4) is 11.3 Å². The zero-order chi connectivity index (χ0) is 23.8. The van der Waals surface area contributed by atoms with Crippen molar-refractivity contribution in [3.63, 3.8) is 0 Å². The number of fused-ring (bicyclic) bond motifs is 3. The van der Waals surface area contributed by atoms with Crippen LogP contribution >= 0.6 is 0 Å². The molecule has 0 aliphatic carbocycles. The van der Waals surface area contributed by atoms with E-state index in [1.54, 1.807) is 0 Å². The van der Waals surface area contributed by atoms with Crippen molar-refractivity contribution in [3.05, 3.63) is 76.7 Å². The molecule has 7 nitrogen and oxygen atoms in total. The Morgan fingerprint density at radius 2 is 1.85 bits per heavy atom. The molecule has 7 heteroatoms. The number of carbonyl (C=O) groups excluding carboxylic acids is 1. The molecule has 172 valence electrons. The second kappa shape index (κ2) is 8.76. The molecule has 0 aliphatic rings. The fourth-order valence-electron chi connectivity index (χ4n) is 4.59.